The highest BCUT2D eigenvalue weighted by Gasteiger charge is 2.32. The molecule has 0 aliphatic carbocycles. The third-order valence-electron chi connectivity index (χ3n) is 7.70. The van der Waals surface area contributed by atoms with E-state index in [0.29, 0.717) is 60.3 Å². The number of nitro benzene ring substituents is 1. The Labute approximate surface area is 245 Å². The SMILES string of the molecule is COc1cc(Oc2ccc(OCCCCOc3cc4c(cc3C)C(=O)N3CCC[C@H]3C=N4)cc2[N+](=O)[O-])cc(C)c1C. The van der Waals surface area contributed by atoms with Crippen molar-refractivity contribution in [3.8, 4) is 28.7 Å². The van der Waals surface area contributed by atoms with E-state index in [4.69, 9.17) is 18.9 Å². The zero-order valence-electron chi connectivity index (χ0n) is 24.3. The fraction of sp³-hybridized carbons (Fsp3) is 0.375. The number of amides is 1. The minimum atomic E-state index is -0.488. The lowest BCUT2D eigenvalue weighted by molar-refractivity contribution is -0.385. The first-order valence-electron chi connectivity index (χ1n) is 14.1. The first-order chi connectivity index (χ1) is 20.2. The van der Waals surface area contributed by atoms with E-state index in [0.717, 1.165) is 36.1 Å². The molecule has 0 spiro atoms. The number of ether oxygens (including phenoxy) is 4. The number of aryl methyl sites for hydroxylation is 2. The number of fused-ring (bicyclic) bond motifs is 2. The Hall–Kier alpha value is -4.60. The lowest BCUT2D eigenvalue weighted by atomic mass is 10.1. The summed E-state index contributed by atoms with van der Waals surface area (Å²) in [6.07, 6.45) is 5.22. The van der Waals surface area contributed by atoms with Gasteiger partial charge in [0.05, 0.1) is 48.6 Å². The minimum Gasteiger partial charge on any atom is -0.496 e. The molecule has 1 amide bonds. The zero-order chi connectivity index (χ0) is 29.8. The summed E-state index contributed by atoms with van der Waals surface area (Å²) >= 11 is 0. The molecule has 0 unspecified atom stereocenters. The number of hydrogen-bond donors (Lipinski definition) is 0. The second kappa shape index (κ2) is 12.5. The minimum absolute atomic E-state index is 0.0297. The third-order valence-corrected chi connectivity index (χ3v) is 7.70. The standard InChI is InChI=1S/C32H35N3O7/c1-20-14-25(17-31(39-4)22(20)3)42-29-10-9-24(16-28(29)35(37)38)40-12-5-6-13-41-30-18-27-26(15-21(30)2)32(36)34-11-7-8-23(34)19-33-27/h9-10,14-19,23H,5-8,11-13H2,1-4H3/t23-/m0/s1. The van der Waals surface area contributed by atoms with Crippen molar-refractivity contribution in [3.63, 3.8) is 0 Å². The molecule has 0 saturated carbocycles. The molecule has 1 fully saturated rings. The van der Waals surface area contributed by atoms with E-state index in [-0.39, 0.29) is 23.4 Å². The van der Waals surface area contributed by atoms with Gasteiger partial charge in [0.25, 0.3) is 5.91 Å². The Morgan fingerprint density at radius 2 is 1.74 bits per heavy atom. The summed E-state index contributed by atoms with van der Waals surface area (Å²) in [7, 11) is 1.57. The van der Waals surface area contributed by atoms with Gasteiger partial charge in [-0.15, -0.1) is 0 Å². The molecule has 10 heteroatoms. The van der Waals surface area contributed by atoms with Crippen LogP contribution in [0.2, 0.25) is 0 Å². The van der Waals surface area contributed by atoms with E-state index < -0.39 is 4.92 Å². The van der Waals surface area contributed by atoms with E-state index in [1.165, 1.54) is 12.1 Å². The average Bonchev–Trinajstić information content (AvgIpc) is 3.40. The number of unbranched alkanes of at least 4 members (excludes halogenated alkanes) is 1. The molecule has 5 rings (SSSR count). The molecule has 42 heavy (non-hydrogen) atoms. The van der Waals surface area contributed by atoms with Crippen molar-refractivity contribution in [1.82, 2.24) is 4.90 Å². The molecule has 3 aromatic rings. The molecule has 3 aromatic carbocycles. The van der Waals surface area contributed by atoms with Gasteiger partial charge in [-0.25, -0.2) is 0 Å². The Kier molecular flexibility index (Phi) is 8.61. The number of aliphatic imine (C=N–C) groups is 1. The van der Waals surface area contributed by atoms with Crippen molar-refractivity contribution >= 4 is 23.5 Å². The summed E-state index contributed by atoms with van der Waals surface area (Å²) < 4.78 is 23.0. The number of carbonyl (C=O) groups is 1. The van der Waals surface area contributed by atoms with Crippen molar-refractivity contribution in [1.29, 1.82) is 0 Å². The summed E-state index contributed by atoms with van der Waals surface area (Å²) in [5.74, 6) is 2.34. The molecule has 0 radical (unpaired) electrons. The Morgan fingerprint density at radius 3 is 2.50 bits per heavy atom. The van der Waals surface area contributed by atoms with Gasteiger partial charge < -0.3 is 23.8 Å². The fourth-order valence-electron chi connectivity index (χ4n) is 5.22. The molecule has 1 saturated heterocycles. The van der Waals surface area contributed by atoms with Gasteiger partial charge in [-0.05, 0) is 87.4 Å². The van der Waals surface area contributed by atoms with Crippen molar-refractivity contribution < 1.29 is 28.7 Å². The summed E-state index contributed by atoms with van der Waals surface area (Å²) in [6, 6.07) is 11.9. The van der Waals surface area contributed by atoms with Gasteiger partial charge in [0.15, 0.2) is 0 Å². The molecule has 10 nitrogen and oxygen atoms in total. The van der Waals surface area contributed by atoms with Crippen LogP contribution in [0.3, 0.4) is 0 Å². The van der Waals surface area contributed by atoms with Crippen molar-refractivity contribution in [2.75, 3.05) is 26.9 Å². The molecule has 2 heterocycles. The summed E-state index contributed by atoms with van der Waals surface area (Å²) in [5.41, 5.74) is 3.90. The van der Waals surface area contributed by atoms with Gasteiger partial charge >= 0.3 is 5.69 Å². The number of methoxy groups -OCH3 is 1. The quantitative estimate of drug-likeness (QED) is 0.140. The molecular weight excluding hydrogens is 538 g/mol. The lowest BCUT2D eigenvalue weighted by Gasteiger charge is -2.20. The Bertz CT molecular complexity index is 1530. The van der Waals surface area contributed by atoms with Gasteiger partial charge in [0.2, 0.25) is 5.75 Å². The van der Waals surface area contributed by atoms with Gasteiger partial charge in [0, 0.05) is 24.9 Å². The molecule has 1 atom stereocenters. The second-order valence-electron chi connectivity index (χ2n) is 10.6. The first kappa shape index (κ1) is 28.9. The van der Waals surface area contributed by atoms with Gasteiger partial charge in [-0.1, -0.05) is 0 Å². The smallest absolute Gasteiger partial charge is 0.315 e. The molecule has 0 N–H and O–H groups in total. The Balaban J connectivity index is 1.14. The zero-order valence-corrected chi connectivity index (χ0v) is 24.3. The van der Waals surface area contributed by atoms with E-state index in [2.05, 4.69) is 4.99 Å². The van der Waals surface area contributed by atoms with Gasteiger partial charge in [0.1, 0.15) is 23.0 Å². The first-order valence-corrected chi connectivity index (χ1v) is 14.1. The second-order valence-corrected chi connectivity index (χ2v) is 10.6. The predicted molar refractivity (Wildman–Crippen MR) is 159 cm³/mol. The fourth-order valence-corrected chi connectivity index (χ4v) is 5.22. The predicted octanol–water partition coefficient (Wildman–Crippen LogP) is 6.88. The largest absolute Gasteiger partial charge is 0.496 e. The number of rotatable bonds is 11. The summed E-state index contributed by atoms with van der Waals surface area (Å²) in [4.78, 5) is 30.7. The molecular formula is C32H35N3O7. The molecule has 0 bridgehead atoms. The monoisotopic (exact) mass is 573 g/mol. The van der Waals surface area contributed by atoms with Crippen molar-refractivity contribution in [2.24, 2.45) is 4.99 Å². The maximum atomic E-state index is 13.0. The van der Waals surface area contributed by atoms with Crippen LogP contribution in [0.25, 0.3) is 0 Å². The van der Waals surface area contributed by atoms with Gasteiger partial charge in [-0.2, -0.15) is 0 Å². The lowest BCUT2D eigenvalue weighted by Crippen LogP contribution is -2.35. The van der Waals surface area contributed by atoms with E-state index in [9.17, 15) is 14.9 Å². The number of nitrogens with zero attached hydrogens (tertiary/aromatic N) is 3. The van der Waals surface area contributed by atoms with Crippen LogP contribution < -0.4 is 18.9 Å². The van der Waals surface area contributed by atoms with E-state index in [1.807, 2.05) is 50.1 Å². The molecule has 2 aliphatic heterocycles. The van der Waals surface area contributed by atoms with E-state index >= 15 is 0 Å². The van der Waals surface area contributed by atoms with E-state index in [1.54, 1.807) is 19.2 Å². The van der Waals surface area contributed by atoms with Crippen LogP contribution in [0.5, 0.6) is 28.7 Å². The van der Waals surface area contributed by atoms with Crippen LogP contribution in [0.15, 0.2) is 47.5 Å². The highest BCUT2D eigenvalue weighted by atomic mass is 16.6. The highest BCUT2D eigenvalue weighted by Crippen LogP contribution is 2.37. The van der Waals surface area contributed by atoms with Gasteiger partial charge in [-0.3, -0.25) is 19.9 Å². The average molecular weight is 574 g/mol. The Morgan fingerprint density at radius 1 is 0.952 bits per heavy atom. The van der Waals surface area contributed by atoms with Crippen LogP contribution in [-0.2, 0) is 0 Å². The molecule has 220 valence electrons. The molecule has 2 aliphatic rings. The summed E-state index contributed by atoms with van der Waals surface area (Å²) in [5, 5.41) is 11.8. The topological polar surface area (TPSA) is 113 Å². The van der Waals surface area contributed by atoms with Crippen molar-refractivity contribution in [3.05, 3.63) is 74.8 Å². The molecule has 0 aromatic heterocycles. The highest BCUT2D eigenvalue weighted by molar-refractivity contribution is 6.03. The number of carbonyl (C=O) groups excluding carboxylic acids is 1. The summed E-state index contributed by atoms with van der Waals surface area (Å²) in [6.45, 7) is 7.39. The van der Waals surface area contributed by atoms with Crippen LogP contribution >= 0.6 is 0 Å². The van der Waals surface area contributed by atoms with Crippen LogP contribution in [-0.4, -0.2) is 54.9 Å². The maximum Gasteiger partial charge on any atom is 0.315 e. The van der Waals surface area contributed by atoms with Crippen LogP contribution in [0, 0.1) is 30.9 Å². The third kappa shape index (κ3) is 6.17. The number of hydrogen-bond acceptors (Lipinski definition) is 8. The maximum absolute atomic E-state index is 13.0. The number of benzene rings is 3. The normalized spacial score (nSPS) is 15.6. The van der Waals surface area contributed by atoms with Crippen molar-refractivity contribution in [2.45, 2.75) is 52.5 Å². The number of nitro groups is 1. The van der Waals surface area contributed by atoms with Crippen LogP contribution in [0.1, 0.15) is 52.7 Å². The van der Waals surface area contributed by atoms with Crippen LogP contribution in [0.4, 0.5) is 11.4 Å².